The quantitative estimate of drug-likeness (QED) is 0.526. The van der Waals surface area contributed by atoms with Crippen molar-refractivity contribution < 1.29 is 4.39 Å². The molecule has 0 aromatic heterocycles. The zero-order valence-corrected chi connectivity index (χ0v) is 14.9. The summed E-state index contributed by atoms with van der Waals surface area (Å²) in [4.78, 5) is 0. The fraction of sp³-hybridized carbons (Fsp3) is 1.00. The first-order valence-electron chi connectivity index (χ1n) is 10.1. The zero-order valence-electron chi connectivity index (χ0n) is 14.9. The van der Waals surface area contributed by atoms with Gasteiger partial charge >= 0.3 is 0 Å². The number of hydrogen-bond acceptors (Lipinski definition) is 0. The van der Waals surface area contributed by atoms with Crippen LogP contribution in [0.15, 0.2) is 0 Å². The summed E-state index contributed by atoms with van der Waals surface area (Å²) in [5.74, 6) is 4.52. The summed E-state index contributed by atoms with van der Waals surface area (Å²) in [6, 6.07) is 0. The van der Waals surface area contributed by atoms with E-state index in [2.05, 4.69) is 20.8 Å². The van der Waals surface area contributed by atoms with E-state index >= 15 is 0 Å². The molecule has 4 rings (SSSR count). The Kier molecular flexibility index (Phi) is 3.66. The average Bonchev–Trinajstić information content (AvgIpc) is 2.84. The lowest BCUT2D eigenvalue weighted by molar-refractivity contribution is -0.119. The van der Waals surface area contributed by atoms with Gasteiger partial charge in [0.2, 0.25) is 0 Å². The van der Waals surface area contributed by atoms with E-state index < -0.39 is 6.17 Å². The van der Waals surface area contributed by atoms with Crippen molar-refractivity contribution in [2.75, 3.05) is 0 Å². The second kappa shape index (κ2) is 5.21. The van der Waals surface area contributed by atoms with Crippen LogP contribution >= 0.6 is 0 Å². The van der Waals surface area contributed by atoms with Crippen molar-refractivity contribution in [2.24, 2.45) is 40.4 Å². The van der Waals surface area contributed by atoms with Crippen molar-refractivity contribution >= 4 is 0 Å². The van der Waals surface area contributed by atoms with E-state index in [1.165, 1.54) is 51.4 Å². The van der Waals surface area contributed by atoms with Gasteiger partial charge in [0.15, 0.2) is 0 Å². The van der Waals surface area contributed by atoms with Gasteiger partial charge in [-0.05, 0) is 98.2 Å². The Morgan fingerprint density at radius 3 is 2.36 bits per heavy atom. The summed E-state index contributed by atoms with van der Waals surface area (Å²) in [7, 11) is 0. The molecule has 4 saturated carbocycles. The molecule has 0 aromatic rings. The molecule has 4 aliphatic carbocycles. The molecule has 4 aliphatic rings. The predicted molar refractivity (Wildman–Crippen MR) is 90.4 cm³/mol. The Bertz CT molecular complexity index is 432. The maximum atomic E-state index is 13.9. The lowest BCUT2D eigenvalue weighted by Crippen LogP contribution is -2.53. The lowest BCUT2D eigenvalue weighted by Gasteiger charge is -2.60. The van der Waals surface area contributed by atoms with Crippen molar-refractivity contribution in [2.45, 2.75) is 91.2 Å². The fourth-order valence-corrected chi connectivity index (χ4v) is 7.99. The van der Waals surface area contributed by atoms with Gasteiger partial charge in [0.1, 0.15) is 6.17 Å². The van der Waals surface area contributed by atoms with E-state index in [-0.39, 0.29) is 0 Å². The normalized spacial score (nSPS) is 57.8. The van der Waals surface area contributed by atoms with Crippen LogP contribution in [-0.2, 0) is 0 Å². The van der Waals surface area contributed by atoms with Crippen LogP contribution in [0.3, 0.4) is 0 Å². The van der Waals surface area contributed by atoms with Gasteiger partial charge in [-0.3, -0.25) is 0 Å². The van der Waals surface area contributed by atoms with Crippen molar-refractivity contribution in [1.29, 1.82) is 0 Å². The molecule has 0 nitrogen and oxygen atoms in total. The number of alkyl halides is 1. The molecule has 0 saturated heterocycles. The Morgan fingerprint density at radius 1 is 0.864 bits per heavy atom. The summed E-state index contributed by atoms with van der Waals surface area (Å²) in [6.07, 6.45) is 12.4. The standard InChI is InChI=1S/C21H35F/c1-4-14-6-8-18-17-7-5-15-13-16(22)9-11-21(15,3)19(17)10-12-20(14,18)2/h14-19H,4-13H2,1-3H3/t14-,15-,16-,17?,18?,19?,20+,21-/m0/s1. The second-order valence-corrected chi connectivity index (χ2v) is 9.76. The second-order valence-electron chi connectivity index (χ2n) is 9.76. The highest BCUT2D eigenvalue weighted by atomic mass is 19.1. The highest BCUT2D eigenvalue weighted by Gasteiger charge is 2.59. The Hall–Kier alpha value is -0.0700. The Morgan fingerprint density at radius 2 is 1.59 bits per heavy atom. The van der Waals surface area contributed by atoms with Gasteiger partial charge in [-0.15, -0.1) is 0 Å². The highest BCUT2D eigenvalue weighted by Crippen LogP contribution is 2.67. The van der Waals surface area contributed by atoms with Crippen molar-refractivity contribution in [1.82, 2.24) is 0 Å². The number of fused-ring (bicyclic) bond motifs is 5. The molecule has 0 amide bonds. The van der Waals surface area contributed by atoms with Crippen LogP contribution in [0.4, 0.5) is 4.39 Å². The molecule has 0 spiro atoms. The first-order valence-corrected chi connectivity index (χ1v) is 10.1. The number of rotatable bonds is 1. The maximum absolute atomic E-state index is 13.9. The molecule has 0 aromatic carbocycles. The molecule has 8 atom stereocenters. The third-order valence-corrected chi connectivity index (χ3v) is 9.29. The van der Waals surface area contributed by atoms with Crippen LogP contribution < -0.4 is 0 Å². The maximum Gasteiger partial charge on any atom is 0.100 e. The molecule has 0 radical (unpaired) electrons. The summed E-state index contributed by atoms with van der Waals surface area (Å²) < 4.78 is 13.9. The van der Waals surface area contributed by atoms with Gasteiger partial charge in [-0.25, -0.2) is 4.39 Å². The van der Waals surface area contributed by atoms with Gasteiger partial charge < -0.3 is 0 Å². The van der Waals surface area contributed by atoms with Gasteiger partial charge in [0.05, 0.1) is 0 Å². The fourth-order valence-electron chi connectivity index (χ4n) is 7.99. The first-order chi connectivity index (χ1) is 10.5. The summed E-state index contributed by atoms with van der Waals surface area (Å²) in [6.45, 7) is 7.59. The van der Waals surface area contributed by atoms with Gasteiger partial charge in [-0.2, -0.15) is 0 Å². The smallest absolute Gasteiger partial charge is 0.100 e. The number of halogens is 1. The van der Waals surface area contributed by atoms with Crippen molar-refractivity contribution in [3.05, 3.63) is 0 Å². The summed E-state index contributed by atoms with van der Waals surface area (Å²) >= 11 is 0. The van der Waals surface area contributed by atoms with Crippen LogP contribution in [-0.4, -0.2) is 6.17 Å². The molecular formula is C21H35F. The monoisotopic (exact) mass is 306 g/mol. The molecule has 22 heavy (non-hydrogen) atoms. The zero-order chi connectivity index (χ0) is 15.5. The van der Waals surface area contributed by atoms with Crippen LogP contribution in [0.5, 0.6) is 0 Å². The molecule has 0 heterocycles. The Labute approximate surface area is 136 Å². The van der Waals surface area contributed by atoms with Crippen molar-refractivity contribution in [3.63, 3.8) is 0 Å². The average molecular weight is 307 g/mol. The van der Waals surface area contributed by atoms with Gasteiger partial charge in [-0.1, -0.05) is 27.2 Å². The molecule has 0 bridgehead atoms. The molecule has 4 fully saturated rings. The highest BCUT2D eigenvalue weighted by molar-refractivity contribution is 5.09. The lowest BCUT2D eigenvalue weighted by atomic mass is 9.44. The SMILES string of the molecule is CC[C@H]1CCC2C3CC[C@H]4C[C@@H](F)CC[C@]4(C)C3CC[C@@]21C. The van der Waals surface area contributed by atoms with Crippen LogP contribution in [0.1, 0.15) is 85.0 Å². The van der Waals surface area contributed by atoms with E-state index in [1.807, 2.05) is 0 Å². The van der Waals surface area contributed by atoms with Crippen molar-refractivity contribution in [3.8, 4) is 0 Å². The molecule has 1 heteroatoms. The van der Waals surface area contributed by atoms with E-state index in [4.69, 9.17) is 0 Å². The third kappa shape index (κ3) is 1.99. The first kappa shape index (κ1) is 15.5. The largest absolute Gasteiger partial charge is 0.247 e. The molecule has 3 unspecified atom stereocenters. The van der Waals surface area contributed by atoms with E-state index in [9.17, 15) is 4.39 Å². The van der Waals surface area contributed by atoms with Gasteiger partial charge in [0, 0.05) is 0 Å². The van der Waals surface area contributed by atoms with E-state index in [0.717, 1.165) is 36.5 Å². The van der Waals surface area contributed by atoms with Gasteiger partial charge in [0.25, 0.3) is 0 Å². The minimum atomic E-state index is -0.501. The van der Waals surface area contributed by atoms with Crippen LogP contribution in [0, 0.1) is 40.4 Å². The summed E-state index contributed by atoms with van der Waals surface area (Å²) in [5, 5.41) is 0. The summed E-state index contributed by atoms with van der Waals surface area (Å²) in [5.41, 5.74) is 1.10. The third-order valence-electron chi connectivity index (χ3n) is 9.29. The molecular weight excluding hydrogens is 271 g/mol. The Balaban J connectivity index is 1.61. The molecule has 0 N–H and O–H groups in total. The van der Waals surface area contributed by atoms with Crippen LogP contribution in [0.25, 0.3) is 0 Å². The minimum absolute atomic E-state index is 0.469. The number of hydrogen-bond donors (Lipinski definition) is 0. The topological polar surface area (TPSA) is 0 Å². The molecule has 126 valence electrons. The minimum Gasteiger partial charge on any atom is -0.247 e. The van der Waals surface area contributed by atoms with Crippen LogP contribution in [0.2, 0.25) is 0 Å². The predicted octanol–water partition coefficient (Wildman–Crippen LogP) is 6.39. The molecule has 0 aliphatic heterocycles. The van der Waals surface area contributed by atoms with E-state index in [1.54, 1.807) is 0 Å². The van der Waals surface area contributed by atoms with E-state index in [0.29, 0.717) is 16.7 Å².